The molecule has 7 nitrogen and oxygen atoms in total. The summed E-state index contributed by atoms with van der Waals surface area (Å²) in [6, 6.07) is 15.6. The van der Waals surface area contributed by atoms with E-state index in [0.29, 0.717) is 23.7 Å². The summed E-state index contributed by atoms with van der Waals surface area (Å²) in [5.41, 5.74) is 5.20. The number of aromatic amines is 1. The van der Waals surface area contributed by atoms with E-state index in [1.54, 1.807) is 6.92 Å². The highest BCUT2D eigenvalue weighted by Crippen LogP contribution is 2.30. The van der Waals surface area contributed by atoms with Gasteiger partial charge in [0.25, 0.3) is 5.91 Å². The van der Waals surface area contributed by atoms with Crippen LogP contribution in [0.15, 0.2) is 74.1 Å². The minimum atomic E-state index is -0.590. The molecule has 0 atom stereocenters. The van der Waals surface area contributed by atoms with Crippen molar-refractivity contribution in [1.82, 2.24) is 15.5 Å². The van der Waals surface area contributed by atoms with Gasteiger partial charge < -0.3 is 0 Å². The summed E-state index contributed by atoms with van der Waals surface area (Å²) in [6.07, 6.45) is 3.31. The molecule has 1 aliphatic rings. The Kier molecular flexibility index (Phi) is 5.93. The largest absolute Gasteiger partial charge is 0.439 e. The predicted molar refractivity (Wildman–Crippen MR) is 119 cm³/mol. The normalized spacial score (nSPS) is 13.9. The molecule has 2 aromatic carbocycles. The summed E-state index contributed by atoms with van der Waals surface area (Å²) in [6.45, 7) is 3.88. The number of nitrogens with zero attached hydrogens (tertiary/aromatic N) is 3. The number of unbranched alkanes of at least 4 members (excludes halogenated alkanes) is 1. The van der Waals surface area contributed by atoms with E-state index in [2.05, 4.69) is 31.9 Å². The minimum absolute atomic E-state index is 0.192. The summed E-state index contributed by atoms with van der Waals surface area (Å²) in [5, 5.41) is 7.84. The lowest BCUT2D eigenvalue weighted by Gasteiger charge is -2.17. The Hall–Kier alpha value is -3.74. The monoisotopic (exact) mass is 415 g/mol. The van der Waals surface area contributed by atoms with Gasteiger partial charge in [-0.25, -0.2) is 9.79 Å². The van der Waals surface area contributed by atoms with Gasteiger partial charge in [-0.1, -0.05) is 67.0 Å². The molecule has 3 aromatic rings. The highest BCUT2D eigenvalue weighted by atomic mass is 16.5. The van der Waals surface area contributed by atoms with E-state index in [1.807, 2.05) is 48.5 Å². The first-order valence-corrected chi connectivity index (χ1v) is 10.3. The van der Waals surface area contributed by atoms with Crippen LogP contribution in [0.25, 0.3) is 22.5 Å². The lowest BCUT2D eigenvalue weighted by atomic mass is 9.95. The van der Waals surface area contributed by atoms with Gasteiger partial charge in [-0.05, 0) is 36.5 Å². The van der Waals surface area contributed by atoms with Crippen molar-refractivity contribution in [3.63, 3.8) is 0 Å². The Morgan fingerprint density at radius 1 is 1.00 bits per heavy atom. The highest BCUT2D eigenvalue weighted by molar-refractivity contribution is 6.08. The van der Waals surface area contributed by atoms with Gasteiger partial charge in [-0.3, -0.25) is 14.3 Å². The maximum absolute atomic E-state index is 12.5. The molecule has 4 rings (SSSR count). The molecule has 1 N–H and O–H groups in total. The minimum Gasteiger partial charge on any atom is -0.296 e. The second kappa shape index (κ2) is 8.95. The molecule has 0 saturated carbocycles. The molecule has 0 saturated heterocycles. The molecule has 0 fully saturated rings. The van der Waals surface area contributed by atoms with Gasteiger partial charge in [-0.15, -0.1) is 0 Å². The van der Waals surface area contributed by atoms with Crippen molar-refractivity contribution in [2.45, 2.75) is 39.5 Å². The molecule has 0 spiro atoms. The Morgan fingerprint density at radius 2 is 1.74 bits per heavy atom. The van der Waals surface area contributed by atoms with E-state index in [9.17, 15) is 9.59 Å². The number of carbonyl (C=O) groups is 1. The molecule has 0 aliphatic carbocycles. The van der Waals surface area contributed by atoms with Crippen LogP contribution in [0.2, 0.25) is 0 Å². The molecule has 1 aromatic heterocycles. The molecule has 1 aliphatic heterocycles. The zero-order chi connectivity index (χ0) is 21.8. The quantitative estimate of drug-likeness (QED) is 0.623. The molecular formula is C24H23N4O3. The lowest BCUT2D eigenvalue weighted by Crippen LogP contribution is -2.28. The first kappa shape index (κ1) is 20.5. The van der Waals surface area contributed by atoms with Gasteiger partial charge >= 0.3 is 5.76 Å². The first-order valence-electron chi connectivity index (χ1n) is 10.3. The van der Waals surface area contributed by atoms with Crippen LogP contribution < -0.4 is 11.1 Å². The predicted octanol–water partition coefficient (Wildman–Crippen LogP) is 4.25. The lowest BCUT2D eigenvalue weighted by molar-refractivity contribution is -0.116. The SMILES string of the molecule is CCCCC1=C(Cc2ccc(-c3ccccc3-c3noc(=O)[nH]3)cc2)C(=O)[N]C(C)=N1. The van der Waals surface area contributed by atoms with Crippen LogP contribution in [0.5, 0.6) is 0 Å². The van der Waals surface area contributed by atoms with Crippen LogP contribution in [-0.4, -0.2) is 21.9 Å². The van der Waals surface area contributed by atoms with Crippen LogP contribution in [-0.2, 0) is 11.2 Å². The molecule has 1 radical (unpaired) electrons. The zero-order valence-corrected chi connectivity index (χ0v) is 17.5. The number of amidine groups is 1. The number of aromatic nitrogens is 2. The summed E-state index contributed by atoms with van der Waals surface area (Å²) in [7, 11) is 0. The number of carbonyl (C=O) groups excluding carboxylic acids is 1. The number of H-pyrrole nitrogens is 1. The average Bonchev–Trinajstić information content (AvgIpc) is 3.21. The molecule has 0 unspecified atom stereocenters. The van der Waals surface area contributed by atoms with Gasteiger partial charge in [0.1, 0.15) is 5.84 Å². The van der Waals surface area contributed by atoms with Crippen LogP contribution >= 0.6 is 0 Å². The molecule has 31 heavy (non-hydrogen) atoms. The van der Waals surface area contributed by atoms with Crippen molar-refractivity contribution >= 4 is 11.7 Å². The maximum atomic E-state index is 12.5. The van der Waals surface area contributed by atoms with Crippen molar-refractivity contribution in [3.05, 3.63) is 75.9 Å². The van der Waals surface area contributed by atoms with Crippen molar-refractivity contribution in [2.24, 2.45) is 4.99 Å². The van der Waals surface area contributed by atoms with Gasteiger partial charge in [0.2, 0.25) is 0 Å². The number of aliphatic imine (C=N–C) groups is 1. The molecule has 1 amide bonds. The van der Waals surface area contributed by atoms with Crippen LogP contribution in [0.3, 0.4) is 0 Å². The molecule has 2 heterocycles. The summed E-state index contributed by atoms with van der Waals surface area (Å²) in [5.74, 6) is 0.131. The zero-order valence-electron chi connectivity index (χ0n) is 17.5. The van der Waals surface area contributed by atoms with E-state index in [4.69, 9.17) is 0 Å². The fourth-order valence-electron chi connectivity index (χ4n) is 3.65. The van der Waals surface area contributed by atoms with Crippen LogP contribution in [0.4, 0.5) is 0 Å². The highest BCUT2D eigenvalue weighted by Gasteiger charge is 2.22. The second-order valence-electron chi connectivity index (χ2n) is 7.47. The molecule has 7 heteroatoms. The van der Waals surface area contributed by atoms with Gasteiger partial charge in [-0.2, -0.15) is 5.32 Å². The summed E-state index contributed by atoms with van der Waals surface area (Å²) >= 11 is 0. The topological polar surface area (TPSA) is 102 Å². The van der Waals surface area contributed by atoms with E-state index < -0.39 is 5.76 Å². The maximum Gasteiger partial charge on any atom is 0.439 e. The number of nitrogens with one attached hydrogen (secondary N) is 1. The Morgan fingerprint density at radius 3 is 2.42 bits per heavy atom. The van der Waals surface area contributed by atoms with E-state index in [1.165, 1.54) is 0 Å². The third-order valence-electron chi connectivity index (χ3n) is 5.20. The fourth-order valence-corrected chi connectivity index (χ4v) is 3.65. The number of allylic oxidation sites excluding steroid dienone is 1. The Bertz CT molecular complexity index is 1220. The number of hydrogen-bond acceptors (Lipinski definition) is 5. The smallest absolute Gasteiger partial charge is 0.296 e. The van der Waals surface area contributed by atoms with Gasteiger partial charge in [0.15, 0.2) is 5.82 Å². The number of hydrogen-bond donors (Lipinski definition) is 1. The summed E-state index contributed by atoms with van der Waals surface area (Å²) < 4.78 is 4.65. The molecule has 157 valence electrons. The number of benzene rings is 2. The summed E-state index contributed by atoms with van der Waals surface area (Å²) in [4.78, 5) is 31.0. The van der Waals surface area contributed by atoms with Gasteiger partial charge in [0.05, 0.1) is 5.70 Å². The molecule has 0 bridgehead atoms. The van der Waals surface area contributed by atoms with Crippen molar-refractivity contribution in [1.29, 1.82) is 0 Å². The first-order chi connectivity index (χ1) is 15.0. The van der Waals surface area contributed by atoms with E-state index >= 15 is 0 Å². The van der Waals surface area contributed by atoms with Crippen LogP contribution in [0.1, 0.15) is 38.7 Å². The molecular weight excluding hydrogens is 392 g/mol. The fraction of sp³-hybridized carbons (Fsp3) is 0.250. The van der Waals surface area contributed by atoms with Crippen molar-refractivity contribution in [3.8, 4) is 22.5 Å². The second-order valence-corrected chi connectivity index (χ2v) is 7.47. The van der Waals surface area contributed by atoms with Crippen molar-refractivity contribution < 1.29 is 9.32 Å². The van der Waals surface area contributed by atoms with Crippen LogP contribution in [0, 0.1) is 0 Å². The van der Waals surface area contributed by atoms with E-state index in [-0.39, 0.29) is 5.91 Å². The Labute approximate surface area is 179 Å². The standard InChI is InChI=1S/C24H23N4O3/c1-3-4-9-21-20(23(29)26-15(2)25-21)14-16-10-12-17(13-11-16)18-7-5-6-8-19(18)22-27-24(30)31-28-22/h5-8,10-13H,3-4,9,14H2,1-2H3,(H,27,28,30). The number of rotatable bonds is 7. The Balaban J connectivity index is 1.62. The third-order valence-corrected chi connectivity index (χ3v) is 5.20. The third kappa shape index (κ3) is 4.55. The van der Waals surface area contributed by atoms with Crippen molar-refractivity contribution in [2.75, 3.05) is 0 Å². The number of amides is 1. The average molecular weight is 415 g/mol. The van der Waals surface area contributed by atoms with E-state index in [0.717, 1.165) is 47.2 Å². The van der Waals surface area contributed by atoms with Gasteiger partial charge in [0, 0.05) is 17.6 Å².